The number of benzene rings is 1. The number of halogens is 2. The van der Waals surface area contributed by atoms with Crippen LogP contribution in [0.3, 0.4) is 0 Å². The van der Waals surface area contributed by atoms with Crippen molar-refractivity contribution in [3.8, 4) is 5.75 Å². The number of amides is 2. The highest BCUT2D eigenvalue weighted by molar-refractivity contribution is 5.78. The van der Waals surface area contributed by atoms with E-state index in [-0.39, 0.29) is 17.9 Å². The molecule has 8 heteroatoms. The lowest BCUT2D eigenvalue weighted by atomic mass is 10.1. The van der Waals surface area contributed by atoms with Crippen molar-refractivity contribution >= 4 is 11.7 Å². The highest BCUT2D eigenvalue weighted by Gasteiger charge is 2.40. The van der Waals surface area contributed by atoms with Gasteiger partial charge in [0.25, 0.3) is 0 Å². The topological polar surface area (TPSA) is 48.9 Å². The van der Waals surface area contributed by atoms with Crippen molar-refractivity contribution < 1.29 is 18.3 Å². The minimum Gasteiger partial charge on any atom is -0.497 e. The van der Waals surface area contributed by atoms with Crippen molar-refractivity contribution in [1.29, 1.82) is 0 Å². The Hall–Kier alpha value is -2.90. The number of ether oxygens (including phenoxy) is 1. The summed E-state index contributed by atoms with van der Waals surface area (Å²) in [6.07, 6.45) is 2.76. The molecule has 6 nitrogen and oxygen atoms in total. The largest absolute Gasteiger partial charge is 0.497 e. The molecule has 0 radical (unpaired) electrons. The molecular weight excluding hydrogens is 354 g/mol. The van der Waals surface area contributed by atoms with Crippen molar-refractivity contribution in [2.24, 2.45) is 0 Å². The normalized spacial score (nSPS) is 19.4. The monoisotopic (exact) mass is 374 g/mol. The van der Waals surface area contributed by atoms with E-state index in [0.717, 1.165) is 0 Å². The van der Waals surface area contributed by atoms with E-state index in [1.54, 1.807) is 23.2 Å². The molecule has 2 aliphatic rings. The van der Waals surface area contributed by atoms with Crippen molar-refractivity contribution in [3.63, 3.8) is 0 Å². The molecule has 2 saturated heterocycles. The number of piperazine rings is 1. The molecule has 2 amide bonds. The van der Waals surface area contributed by atoms with Crippen LogP contribution in [-0.4, -0.2) is 60.1 Å². The quantitative estimate of drug-likeness (QED) is 0.825. The molecule has 0 spiro atoms. The molecule has 2 aromatic rings. The van der Waals surface area contributed by atoms with Gasteiger partial charge in [0.15, 0.2) is 5.82 Å². The maximum absolute atomic E-state index is 14.0. The van der Waals surface area contributed by atoms with Crippen LogP contribution in [0.1, 0.15) is 5.56 Å². The number of pyridine rings is 1. The zero-order valence-electron chi connectivity index (χ0n) is 14.9. The molecule has 2 aliphatic heterocycles. The van der Waals surface area contributed by atoms with Crippen molar-refractivity contribution in [2.75, 3.05) is 38.2 Å². The first-order chi connectivity index (χ1) is 13.0. The van der Waals surface area contributed by atoms with Crippen LogP contribution < -0.4 is 9.64 Å². The highest BCUT2D eigenvalue weighted by atomic mass is 19.1. The van der Waals surface area contributed by atoms with Crippen LogP contribution in [0, 0.1) is 11.6 Å². The molecule has 1 aromatic carbocycles. The minimum atomic E-state index is -0.395. The summed E-state index contributed by atoms with van der Waals surface area (Å²) < 4.78 is 32.8. The zero-order valence-corrected chi connectivity index (χ0v) is 14.9. The minimum absolute atomic E-state index is 0.0331. The van der Waals surface area contributed by atoms with Crippen molar-refractivity contribution in [3.05, 3.63) is 53.9 Å². The molecule has 0 saturated carbocycles. The number of hydrogen-bond donors (Lipinski definition) is 0. The predicted octanol–water partition coefficient (Wildman–Crippen LogP) is 2.49. The Balaban J connectivity index is 1.48. The number of carbonyl (C=O) groups excluding carboxylic acids is 1. The Morgan fingerprint density at radius 2 is 2.07 bits per heavy atom. The fraction of sp³-hybridized carbons (Fsp3) is 0.368. The molecule has 27 heavy (non-hydrogen) atoms. The van der Waals surface area contributed by atoms with Gasteiger partial charge in [-0.2, -0.15) is 0 Å². The molecule has 1 atom stereocenters. The van der Waals surface area contributed by atoms with Crippen LogP contribution in [0.5, 0.6) is 5.75 Å². The lowest BCUT2D eigenvalue weighted by molar-refractivity contribution is 0.181. The molecule has 0 unspecified atom stereocenters. The lowest BCUT2D eigenvalue weighted by Gasteiger charge is -2.37. The van der Waals surface area contributed by atoms with Crippen molar-refractivity contribution in [2.45, 2.75) is 12.6 Å². The summed E-state index contributed by atoms with van der Waals surface area (Å²) in [5, 5.41) is 0. The maximum atomic E-state index is 14.0. The molecule has 4 rings (SSSR count). The molecule has 142 valence electrons. The highest BCUT2D eigenvalue weighted by Crippen LogP contribution is 2.27. The van der Waals surface area contributed by atoms with Crippen LogP contribution >= 0.6 is 0 Å². The zero-order chi connectivity index (χ0) is 19.0. The SMILES string of the molecule is COc1cc(F)cc(CN2C[C@@H]3CN(c4ccncc4F)CCN3C2=O)c1. The van der Waals surface area contributed by atoms with Gasteiger partial charge in [-0.3, -0.25) is 4.98 Å². The van der Waals surface area contributed by atoms with Crippen molar-refractivity contribution in [1.82, 2.24) is 14.8 Å². The van der Waals surface area contributed by atoms with E-state index in [9.17, 15) is 13.6 Å². The van der Waals surface area contributed by atoms with Gasteiger partial charge in [0.05, 0.1) is 25.0 Å². The van der Waals surface area contributed by atoms with Gasteiger partial charge in [0, 0.05) is 45.0 Å². The molecular formula is C19H20F2N4O2. The second kappa shape index (κ2) is 7.02. The Morgan fingerprint density at radius 1 is 1.22 bits per heavy atom. The smallest absolute Gasteiger partial charge is 0.320 e. The molecule has 0 aliphatic carbocycles. The number of urea groups is 1. The van der Waals surface area contributed by atoms with Gasteiger partial charge in [0.2, 0.25) is 0 Å². The van der Waals surface area contributed by atoms with Gasteiger partial charge < -0.3 is 19.4 Å². The number of rotatable bonds is 4. The standard InChI is InChI=1S/C19H20F2N4O2/c1-27-16-7-13(6-14(20)8-16)10-24-12-15-11-23(4-5-25(15)19(24)26)18-2-3-22-9-17(18)21/h2-3,6-9,15H,4-5,10-12H2,1H3/t15-/m0/s1. The van der Waals surface area contributed by atoms with E-state index < -0.39 is 5.82 Å². The number of fused-ring (bicyclic) bond motifs is 1. The van der Waals surface area contributed by atoms with Crippen LogP contribution in [-0.2, 0) is 6.54 Å². The fourth-order valence-corrected chi connectivity index (χ4v) is 3.80. The Labute approximate surface area is 156 Å². The Bertz CT molecular complexity index is 863. The van der Waals surface area contributed by atoms with Crippen LogP contribution in [0.4, 0.5) is 19.3 Å². The summed E-state index contributed by atoms with van der Waals surface area (Å²) in [7, 11) is 1.48. The average Bonchev–Trinajstić information content (AvgIpc) is 2.96. The van der Waals surface area contributed by atoms with Gasteiger partial charge in [-0.15, -0.1) is 0 Å². The molecule has 3 heterocycles. The number of nitrogens with zero attached hydrogens (tertiary/aromatic N) is 4. The first kappa shape index (κ1) is 17.5. The number of anilines is 1. The Morgan fingerprint density at radius 3 is 2.85 bits per heavy atom. The van der Waals surface area contributed by atoms with E-state index in [2.05, 4.69) is 4.98 Å². The maximum Gasteiger partial charge on any atom is 0.320 e. The molecule has 0 bridgehead atoms. The van der Waals surface area contributed by atoms with Gasteiger partial charge >= 0.3 is 6.03 Å². The second-order valence-corrected chi connectivity index (χ2v) is 6.78. The van der Waals surface area contributed by atoms with E-state index in [4.69, 9.17) is 4.74 Å². The number of aromatic nitrogens is 1. The third kappa shape index (κ3) is 3.39. The summed E-state index contributed by atoms with van der Waals surface area (Å²) >= 11 is 0. The molecule has 2 fully saturated rings. The Kier molecular flexibility index (Phi) is 4.55. The first-order valence-corrected chi connectivity index (χ1v) is 8.78. The lowest BCUT2D eigenvalue weighted by Crippen LogP contribution is -2.52. The van der Waals surface area contributed by atoms with Gasteiger partial charge in [-0.05, 0) is 23.8 Å². The molecule has 0 N–H and O–H groups in total. The van der Waals surface area contributed by atoms with Crippen LogP contribution in [0.25, 0.3) is 0 Å². The van der Waals surface area contributed by atoms with E-state index >= 15 is 0 Å². The summed E-state index contributed by atoms with van der Waals surface area (Å²) in [5.74, 6) is -0.333. The van der Waals surface area contributed by atoms with Crippen LogP contribution in [0.2, 0.25) is 0 Å². The third-order valence-electron chi connectivity index (χ3n) is 5.06. The number of carbonyl (C=O) groups is 1. The van der Waals surface area contributed by atoms with Gasteiger partial charge in [0.1, 0.15) is 11.6 Å². The number of hydrogen-bond acceptors (Lipinski definition) is 4. The second-order valence-electron chi connectivity index (χ2n) is 6.78. The average molecular weight is 374 g/mol. The number of methoxy groups -OCH3 is 1. The first-order valence-electron chi connectivity index (χ1n) is 8.78. The summed E-state index contributed by atoms with van der Waals surface area (Å²) in [5.41, 5.74) is 1.18. The van der Waals surface area contributed by atoms with Crippen LogP contribution in [0.15, 0.2) is 36.7 Å². The molecule has 1 aromatic heterocycles. The fourth-order valence-electron chi connectivity index (χ4n) is 3.80. The summed E-state index contributed by atoms with van der Waals surface area (Å²) in [6.45, 7) is 2.46. The summed E-state index contributed by atoms with van der Waals surface area (Å²) in [4.78, 5) is 22.0. The third-order valence-corrected chi connectivity index (χ3v) is 5.06. The predicted molar refractivity (Wildman–Crippen MR) is 95.7 cm³/mol. The van der Waals surface area contributed by atoms with E-state index in [1.807, 2.05) is 9.80 Å². The van der Waals surface area contributed by atoms with Gasteiger partial charge in [-0.1, -0.05) is 0 Å². The van der Waals surface area contributed by atoms with E-state index in [0.29, 0.717) is 49.7 Å². The van der Waals surface area contributed by atoms with Gasteiger partial charge in [-0.25, -0.2) is 13.6 Å². The summed E-state index contributed by atoms with van der Waals surface area (Å²) in [6, 6.07) is 5.99. The van der Waals surface area contributed by atoms with E-state index in [1.165, 1.54) is 25.4 Å².